The number of aromatic nitrogens is 1. The van der Waals surface area contributed by atoms with Gasteiger partial charge in [-0.2, -0.15) is 26.3 Å². The van der Waals surface area contributed by atoms with Gasteiger partial charge in [0.2, 0.25) is 0 Å². The molecule has 170 valence electrons. The Morgan fingerprint density at radius 2 is 1.71 bits per heavy atom. The van der Waals surface area contributed by atoms with Crippen molar-refractivity contribution in [3.63, 3.8) is 0 Å². The minimum absolute atomic E-state index is 0.243. The van der Waals surface area contributed by atoms with Crippen LogP contribution in [0.25, 0.3) is 0 Å². The van der Waals surface area contributed by atoms with E-state index in [2.05, 4.69) is 4.98 Å². The molecule has 1 amide bonds. The molecule has 0 aliphatic carbocycles. The van der Waals surface area contributed by atoms with Crippen LogP contribution < -0.4 is 4.90 Å². The summed E-state index contributed by atoms with van der Waals surface area (Å²) in [6, 6.07) is 3.35. The van der Waals surface area contributed by atoms with E-state index in [9.17, 15) is 43.8 Å². The highest BCUT2D eigenvalue weighted by Crippen LogP contribution is 2.33. The van der Waals surface area contributed by atoms with Gasteiger partial charge >= 0.3 is 11.7 Å². The van der Waals surface area contributed by atoms with Gasteiger partial charge in [0.25, 0.3) is 5.91 Å². The number of nitrogens with zero attached hydrogens (tertiary/aromatic N) is 2. The van der Waals surface area contributed by atoms with Crippen molar-refractivity contribution in [1.29, 1.82) is 0 Å². The zero-order valence-electron chi connectivity index (χ0n) is 15.8. The quantitative estimate of drug-likeness (QED) is 0.598. The van der Waals surface area contributed by atoms with Crippen molar-refractivity contribution in [2.45, 2.75) is 28.4 Å². The Morgan fingerprint density at radius 3 is 2.16 bits per heavy atom. The van der Waals surface area contributed by atoms with Gasteiger partial charge in [-0.25, -0.2) is 17.6 Å². The summed E-state index contributed by atoms with van der Waals surface area (Å²) in [5.41, 5.74) is -6.85. The van der Waals surface area contributed by atoms with E-state index < -0.39 is 64.9 Å². The first-order valence-electron chi connectivity index (χ1n) is 8.26. The lowest BCUT2D eigenvalue weighted by Crippen LogP contribution is -2.29. The molecule has 1 atom stereocenters. The van der Waals surface area contributed by atoms with Crippen LogP contribution in [0.1, 0.15) is 22.8 Å². The molecule has 0 aliphatic rings. The average Bonchev–Trinajstić information content (AvgIpc) is 2.70. The predicted molar refractivity (Wildman–Crippen MR) is 98.6 cm³/mol. The van der Waals surface area contributed by atoms with Crippen LogP contribution in [0.5, 0.6) is 0 Å². The number of pyridine rings is 1. The van der Waals surface area contributed by atoms with Crippen molar-refractivity contribution in [2.75, 3.05) is 17.7 Å². The minimum atomic E-state index is -5.02. The monoisotopic (exact) mass is 488 g/mol. The third-order valence-corrected chi connectivity index (χ3v) is 6.91. The van der Waals surface area contributed by atoms with Crippen LogP contribution in [0.3, 0.4) is 0 Å². The number of carbonyl (C=O) groups excluding carboxylic acids is 1. The van der Waals surface area contributed by atoms with Gasteiger partial charge in [-0.3, -0.25) is 9.69 Å². The Hall–Kier alpha value is -2.48. The maximum atomic E-state index is 13.0. The molecule has 0 radical (unpaired) electrons. The second kappa shape index (κ2) is 8.57. The first-order chi connectivity index (χ1) is 14.1. The zero-order valence-corrected chi connectivity index (χ0v) is 17.4. The summed E-state index contributed by atoms with van der Waals surface area (Å²) in [5.74, 6) is -1.88. The highest BCUT2D eigenvalue weighted by molar-refractivity contribution is 7.91. The Labute approximate surface area is 175 Å². The molecule has 0 saturated heterocycles. The standard InChI is InChI=1S/C17H14F6N2O4S2/c1-3-31(28,29)13-8-10(16(18,19)20)4-6-12(13)15(26)25(2)14-7-5-11(9-24-14)30(27)17(21,22)23/h4-9H,3H2,1-2H3. The maximum absolute atomic E-state index is 13.0. The summed E-state index contributed by atoms with van der Waals surface area (Å²) in [6.45, 7) is 1.19. The van der Waals surface area contributed by atoms with Gasteiger partial charge in [0, 0.05) is 13.2 Å². The molecular formula is C17H14F6N2O4S2. The number of hydrogen-bond donors (Lipinski definition) is 0. The Balaban J connectivity index is 2.47. The largest absolute Gasteiger partial charge is 0.475 e. The molecular weight excluding hydrogens is 474 g/mol. The van der Waals surface area contributed by atoms with Crippen LogP contribution >= 0.6 is 0 Å². The molecule has 0 spiro atoms. The molecule has 0 bridgehead atoms. The Kier molecular flexibility index (Phi) is 6.85. The summed E-state index contributed by atoms with van der Waals surface area (Å²) in [6.07, 6.45) is -4.23. The summed E-state index contributed by atoms with van der Waals surface area (Å²) in [7, 11) is -6.49. The molecule has 0 fully saturated rings. The van der Waals surface area contributed by atoms with Crippen molar-refractivity contribution in [1.82, 2.24) is 4.98 Å². The van der Waals surface area contributed by atoms with E-state index in [1.807, 2.05) is 0 Å². The van der Waals surface area contributed by atoms with Gasteiger partial charge in [0.15, 0.2) is 20.6 Å². The van der Waals surface area contributed by atoms with Gasteiger partial charge in [-0.15, -0.1) is 0 Å². The lowest BCUT2D eigenvalue weighted by atomic mass is 10.1. The van der Waals surface area contributed by atoms with Crippen molar-refractivity contribution in [2.24, 2.45) is 0 Å². The van der Waals surface area contributed by atoms with Crippen molar-refractivity contribution < 1.29 is 43.8 Å². The van der Waals surface area contributed by atoms with E-state index in [0.717, 1.165) is 24.1 Å². The minimum Gasteiger partial charge on any atom is -0.296 e. The molecule has 0 aliphatic heterocycles. The predicted octanol–water partition coefficient (Wildman–Crippen LogP) is 3.80. The number of alkyl halides is 6. The number of hydrogen-bond acceptors (Lipinski definition) is 5. The Bertz CT molecular complexity index is 1110. The van der Waals surface area contributed by atoms with E-state index in [-0.39, 0.29) is 5.82 Å². The average molecular weight is 488 g/mol. The van der Waals surface area contributed by atoms with Gasteiger partial charge in [0.05, 0.1) is 26.7 Å². The van der Waals surface area contributed by atoms with Crippen LogP contribution in [0.2, 0.25) is 0 Å². The number of halogens is 6. The fourth-order valence-corrected chi connectivity index (χ4v) is 4.10. The van der Waals surface area contributed by atoms with Gasteiger partial charge < -0.3 is 0 Å². The van der Waals surface area contributed by atoms with E-state index in [4.69, 9.17) is 0 Å². The van der Waals surface area contributed by atoms with Gasteiger partial charge in [-0.1, -0.05) is 6.92 Å². The van der Waals surface area contributed by atoms with Crippen LogP contribution in [0.15, 0.2) is 46.3 Å². The molecule has 0 saturated carbocycles. The van der Waals surface area contributed by atoms with Crippen molar-refractivity contribution >= 4 is 32.4 Å². The lowest BCUT2D eigenvalue weighted by Gasteiger charge is -2.19. The second-order valence-corrected chi connectivity index (χ2v) is 9.76. The zero-order chi connectivity index (χ0) is 23.8. The number of benzene rings is 1. The van der Waals surface area contributed by atoms with Crippen LogP contribution in [0.4, 0.5) is 32.2 Å². The highest BCUT2D eigenvalue weighted by Gasteiger charge is 2.38. The molecule has 2 rings (SSSR count). The summed E-state index contributed by atoms with van der Waals surface area (Å²) < 4.78 is 112. The first-order valence-corrected chi connectivity index (χ1v) is 11.1. The van der Waals surface area contributed by atoms with E-state index in [1.165, 1.54) is 6.92 Å². The van der Waals surface area contributed by atoms with E-state index in [0.29, 0.717) is 24.4 Å². The van der Waals surface area contributed by atoms with Crippen LogP contribution in [0, 0.1) is 0 Å². The number of sulfone groups is 1. The number of rotatable bonds is 5. The van der Waals surface area contributed by atoms with Crippen molar-refractivity contribution in [3.8, 4) is 0 Å². The van der Waals surface area contributed by atoms with Crippen LogP contribution in [-0.2, 0) is 26.8 Å². The molecule has 0 N–H and O–H groups in total. The van der Waals surface area contributed by atoms with Gasteiger partial charge in [0.1, 0.15) is 5.82 Å². The van der Waals surface area contributed by atoms with Crippen molar-refractivity contribution in [3.05, 3.63) is 47.7 Å². The number of amides is 1. The Morgan fingerprint density at radius 1 is 1.10 bits per heavy atom. The third-order valence-electron chi connectivity index (χ3n) is 4.05. The molecule has 31 heavy (non-hydrogen) atoms. The molecule has 14 heteroatoms. The smallest absolute Gasteiger partial charge is 0.296 e. The van der Waals surface area contributed by atoms with E-state index >= 15 is 0 Å². The molecule has 6 nitrogen and oxygen atoms in total. The van der Waals surface area contributed by atoms with Gasteiger partial charge in [-0.05, 0) is 30.3 Å². The summed E-state index contributed by atoms with van der Waals surface area (Å²) in [4.78, 5) is 15.6. The topological polar surface area (TPSA) is 84.4 Å². The maximum Gasteiger partial charge on any atom is 0.475 e. The normalized spacial score (nSPS) is 13.7. The molecule has 1 aromatic carbocycles. The van der Waals surface area contributed by atoms with E-state index in [1.54, 1.807) is 0 Å². The first kappa shape index (κ1) is 24.8. The second-order valence-electron chi connectivity index (χ2n) is 6.04. The number of carbonyl (C=O) groups is 1. The molecule has 1 unspecified atom stereocenters. The SMILES string of the molecule is CCS(=O)(=O)c1cc(C(F)(F)F)ccc1C(=O)N(C)c1ccc(S(=O)C(F)(F)F)cn1. The number of anilines is 1. The summed E-state index contributed by atoms with van der Waals surface area (Å²) in [5, 5.41) is 0. The third kappa shape index (κ3) is 5.42. The fraction of sp³-hybridized carbons (Fsp3) is 0.294. The van der Waals surface area contributed by atoms with Crippen LogP contribution in [-0.4, -0.2) is 41.8 Å². The molecule has 2 aromatic rings. The summed E-state index contributed by atoms with van der Waals surface area (Å²) >= 11 is 0. The lowest BCUT2D eigenvalue weighted by molar-refractivity contribution is -0.137. The highest BCUT2D eigenvalue weighted by atomic mass is 32.2. The fourth-order valence-electron chi connectivity index (χ4n) is 2.39. The molecule has 1 heterocycles. The molecule has 1 aromatic heterocycles.